The summed E-state index contributed by atoms with van der Waals surface area (Å²) in [5.74, 6) is 0.736. The maximum absolute atomic E-state index is 13.0. The predicted molar refractivity (Wildman–Crippen MR) is 121 cm³/mol. The summed E-state index contributed by atoms with van der Waals surface area (Å²) in [6.07, 6.45) is 4.33. The van der Waals surface area contributed by atoms with Crippen LogP contribution in [-0.2, 0) is 18.6 Å². The van der Waals surface area contributed by atoms with Crippen molar-refractivity contribution in [3.05, 3.63) is 111 Å². The van der Waals surface area contributed by atoms with E-state index in [4.69, 9.17) is 9.72 Å². The Kier molecular flexibility index (Phi) is 6.74. The summed E-state index contributed by atoms with van der Waals surface area (Å²) >= 11 is 1.52. The van der Waals surface area contributed by atoms with Gasteiger partial charge in [0.15, 0.2) is 5.16 Å². The van der Waals surface area contributed by atoms with Crippen molar-refractivity contribution in [3.8, 4) is 6.01 Å². The highest BCUT2D eigenvalue weighted by Gasteiger charge is 2.14. The van der Waals surface area contributed by atoms with E-state index in [1.807, 2.05) is 48.5 Å². The van der Waals surface area contributed by atoms with Crippen LogP contribution in [0.5, 0.6) is 6.01 Å². The second kappa shape index (κ2) is 10.0. The van der Waals surface area contributed by atoms with Gasteiger partial charge in [0.25, 0.3) is 5.56 Å². The maximum atomic E-state index is 13.0. The molecule has 1 N–H and O–H groups in total. The SMILES string of the molecule is COc1ncc(Cc2c(Cc3ccccc3)nc(SCc3ccccc3)[nH]c2=O)cn1. The number of ether oxygens (including phenoxy) is 1. The van der Waals surface area contributed by atoms with E-state index in [2.05, 4.69) is 27.1 Å². The zero-order chi connectivity index (χ0) is 21.5. The number of nitrogens with one attached hydrogen (secondary N) is 1. The number of rotatable bonds is 8. The van der Waals surface area contributed by atoms with Gasteiger partial charge in [-0.1, -0.05) is 72.4 Å². The molecule has 0 aliphatic rings. The van der Waals surface area contributed by atoms with Crippen molar-refractivity contribution < 1.29 is 4.74 Å². The van der Waals surface area contributed by atoms with E-state index in [1.54, 1.807) is 12.4 Å². The summed E-state index contributed by atoms with van der Waals surface area (Å²) in [5, 5.41) is 0.620. The van der Waals surface area contributed by atoms with E-state index in [0.29, 0.717) is 29.6 Å². The topological polar surface area (TPSA) is 80.8 Å². The normalized spacial score (nSPS) is 10.7. The average Bonchev–Trinajstić information content (AvgIpc) is 2.82. The molecule has 2 aromatic carbocycles. The Bertz CT molecular complexity index is 1180. The van der Waals surface area contributed by atoms with E-state index in [0.717, 1.165) is 22.6 Å². The summed E-state index contributed by atoms with van der Waals surface area (Å²) < 4.78 is 5.02. The average molecular weight is 431 g/mol. The standard InChI is InChI=1S/C24H22N4O2S/c1-30-23-25-14-19(15-26-23)12-20-21(13-17-8-4-2-5-9-17)27-24(28-22(20)29)31-16-18-10-6-3-7-11-18/h2-11,14-15H,12-13,16H2,1H3,(H,27,28,29). The zero-order valence-corrected chi connectivity index (χ0v) is 17.9. The van der Waals surface area contributed by atoms with E-state index in [9.17, 15) is 4.79 Å². The van der Waals surface area contributed by atoms with Gasteiger partial charge in [0.05, 0.1) is 12.8 Å². The van der Waals surface area contributed by atoms with Crippen molar-refractivity contribution in [2.24, 2.45) is 0 Å². The molecule has 4 rings (SSSR count). The molecule has 0 aliphatic carbocycles. The Morgan fingerprint density at radius 3 is 2.16 bits per heavy atom. The molecule has 0 amide bonds. The Morgan fingerprint density at radius 2 is 1.52 bits per heavy atom. The summed E-state index contributed by atoms with van der Waals surface area (Å²) in [7, 11) is 1.52. The van der Waals surface area contributed by atoms with Crippen molar-refractivity contribution in [2.75, 3.05) is 7.11 Å². The Balaban J connectivity index is 1.64. The number of aromatic nitrogens is 4. The molecule has 0 fully saturated rings. The molecule has 0 aliphatic heterocycles. The van der Waals surface area contributed by atoms with Gasteiger partial charge in [-0.2, -0.15) is 0 Å². The van der Waals surface area contributed by atoms with Crippen LogP contribution in [0.15, 0.2) is 83.0 Å². The number of methoxy groups -OCH3 is 1. The molecule has 0 spiro atoms. The second-order valence-corrected chi connectivity index (χ2v) is 7.95. The highest BCUT2D eigenvalue weighted by atomic mass is 32.2. The first-order valence-electron chi connectivity index (χ1n) is 9.89. The van der Waals surface area contributed by atoms with Gasteiger partial charge in [-0.3, -0.25) is 4.79 Å². The third-order valence-corrected chi connectivity index (χ3v) is 5.70. The van der Waals surface area contributed by atoms with Crippen molar-refractivity contribution >= 4 is 11.8 Å². The van der Waals surface area contributed by atoms with Crippen LogP contribution < -0.4 is 10.3 Å². The van der Waals surface area contributed by atoms with Gasteiger partial charge < -0.3 is 9.72 Å². The van der Waals surface area contributed by atoms with Gasteiger partial charge >= 0.3 is 6.01 Å². The van der Waals surface area contributed by atoms with E-state index in [-0.39, 0.29) is 5.56 Å². The van der Waals surface area contributed by atoms with Crippen LogP contribution in [0, 0.1) is 0 Å². The second-order valence-electron chi connectivity index (χ2n) is 6.99. The minimum Gasteiger partial charge on any atom is -0.467 e. The van der Waals surface area contributed by atoms with Crippen molar-refractivity contribution in [1.82, 2.24) is 19.9 Å². The molecule has 0 atom stereocenters. The van der Waals surface area contributed by atoms with E-state index < -0.39 is 0 Å². The van der Waals surface area contributed by atoms with Crippen LogP contribution in [0.2, 0.25) is 0 Å². The third kappa shape index (κ3) is 5.58. The van der Waals surface area contributed by atoms with Gasteiger partial charge in [0.1, 0.15) is 0 Å². The molecular formula is C24H22N4O2S. The minimum atomic E-state index is -0.132. The molecule has 2 heterocycles. The molecule has 0 saturated heterocycles. The summed E-state index contributed by atoms with van der Waals surface area (Å²) in [6.45, 7) is 0. The zero-order valence-electron chi connectivity index (χ0n) is 17.1. The summed E-state index contributed by atoms with van der Waals surface area (Å²) in [6, 6.07) is 20.5. The minimum absolute atomic E-state index is 0.132. The molecule has 31 heavy (non-hydrogen) atoms. The van der Waals surface area contributed by atoms with Crippen molar-refractivity contribution in [1.29, 1.82) is 0 Å². The first kappa shape index (κ1) is 20.8. The number of hydrogen-bond donors (Lipinski definition) is 1. The Labute approximate surface area is 184 Å². The van der Waals surface area contributed by atoms with Crippen molar-refractivity contribution in [3.63, 3.8) is 0 Å². The molecule has 0 unspecified atom stereocenters. The van der Waals surface area contributed by atoms with Crippen LogP contribution >= 0.6 is 11.8 Å². The van der Waals surface area contributed by atoms with Gasteiger partial charge in [0.2, 0.25) is 0 Å². The number of nitrogens with zero attached hydrogens (tertiary/aromatic N) is 3. The van der Waals surface area contributed by atoms with Crippen LogP contribution in [0.3, 0.4) is 0 Å². The first-order chi connectivity index (χ1) is 15.2. The molecule has 156 valence electrons. The fourth-order valence-electron chi connectivity index (χ4n) is 3.18. The van der Waals surface area contributed by atoms with Crippen LogP contribution in [0.1, 0.15) is 27.9 Å². The van der Waals surface area contributed by atoms with Crippen LogP contribution in [0.25, 0.3) is 0 Å². The molecular weight excluding hydrogens is 408 g/mol. The molecule has 7 heteroatoms. The lowest BCUT2D eigenvalue weighted by atomic mass is 10.0. The summed E-state index contributed by atoms with van der Waals surface area (Å²) in [4.78, 5) is 29.1. The van der Waals surface area contributed by atoms with Gasteiger partial charge in [-0.05, 0) is 16.7 Å². The predicted octanol–water partition coefficient (Wildman–Crippen LogP) is 4.04. The molecule has 4 aromatic rings. The summed E-state index contributed by atoms with van der Waals surface area (Å²) in [5.41, 5.74) is 4.37. The van der Waals surface area contributed by atoms with Crippen LogP contribution in [-0.4, -0.2) is 27.0 Å². The van der Waals surface area contributed by atoms with Gasteiger partial charge in [0, 0.05) is 36.6 Å². The smallest absolute Gasteiger partial charge is 0.316 e. The van der Waals surface area contributed by atoms with Gasteiger partial charge in [-0.25, -0.2) is 15.0 Å². The van der Waals surface area contributed by atoms with Gasteiger partial charge in [-0.15, -0.1) is 0 Å². The third-order valence-electron chi connectivity index (χ3n) is 4.76. The van der Waals surface area contributed by atoms with Crippen molar-refractivity contribution in [2.45, 2.75) is 23.8 Å². The molecule has 0 radical (unpaired) electrons. The highest BCUT2D eigenvalue weighted by molar-refractivity contribution is 7.98. The number of H-pyrrole nitrogens is 1. The number of thioether (sulfide) groups is 1. The molecule has 6 nitrogen and oxygen atoms in total. The first-order valence-corrected chi connectivity index (χ1v) is 10.9. The molecule has 0 bridgehead atoms. The quantitative estimate of drug-likeness (QED) is 0.336. The largest absolute Gasteiger partial charge is 0.467 e. The Hall–Kier alpha value is -3.45. The van der Waals surface area contributed by atoms with Crippen LogP contribution in [0.4, 0.5) is 0 Å². The lowest BCUT2D eigenvalue weighted by Gasteiger charge is -2.11. The lowest BCUT2D eigenvalue weighted by Crippen LogP contribution is -2.19. The monoisotopic (exact) mass is 430 g/mol. The fourth-order valence-corrected chi connectivity index (χ4v) is 4.01. The molecule has 2 aromatic heterocycles. The van der Waals surface area contributed by atoms with E-state index in [1.165, 1.54) is 24.4 Å². The maximum Gasteiger partial charge on any atom is 0.316 e. The Morgan fingerprint density at radius 1 is 0.871 bits per heavy atom. The van der Waals surface area contributed by atoms with E-state index >= 15 is 0 Å². The fraction of sp³-hybridized carbons (Fsp3) is 0.167. The highest BCUT2D eigenvalue weighted by Crippen LogP contribution is 2.21. The number of hydrogen-bond acceptors (Lipinski definition) is 6. The number of aromatic amines is 1. The molecule has 0 saturated carbocycles. The lowest BCUT2D eigenvalue weighted by molar-refractivity contribution is 0.379. The number of benzene rings is 2.